The van der Waals surface area contributed by atoms with E-state index in [-0.39, 0.29) is 25.6 Å². The van der Waals surface area contributed by atoms with E-state index in [0.29, 0.717) is 55.2 Å². The van der Waals surface area contributed by atoms with E-state index < -0.39 is 5.97 Å². The number of carbonyl (C=O) groups is 1. The second kappa shape index (κ2) is 17.2. The highest BCUT2D eigenvalue weighted by atomic mass is 35.5. The lowest BCUT2D eigenvalue weighted by Gasteiger charge is -2.13. The van der Waals surface area contributed by atoms with Crippen LogP contribution in [0.4, 0.5) is 15.9 Å². The van der Waals surface area contributed by atoms with Gasteiger partial charge in [0.1, 0.15) is 49.3 Å². The summed E-state index contributed by atoms with van der Waals surface area (Å²) < 4.78 is 40.8. The molecule has 0 saturated carbocycles. The monoisotopic (exact) mass is 661 g/mol. The first kappa shape index (κ1) is 33.6. The maximum atomic E-state index is 13.5. The number of rotatable bonds is 18. The van der Waals surface area contributed by atoms with Crippen molar-refractivity contribution in [3.63, 3.8) is 0 Å². The summed E-state index contributed by atoms with van der Waals surface area (Å²) in [5.74, 6) is 0.503. The molecular weight excluding hydrogens is 629 g/mol. The number of nitrogens with zero attached hydrogens (tertiary/aromatic N) is 2. The summed E-state index contributed by atoms with van der Waals surface area (Å²) in [5.41, 5.74) is 4.19. The summed E-state index contributed by atoms with van der Waals surface area (Å²) in [7, 11) is 0. The van der Waals surface area contributed by atoms with Crippen molar-refractivity contribution in [3.8, 4) is 22.6 Å². The van der Waals surface area contributed by atoms with Gasteiger partial charge in [-0.05, 0) is 71.3 Å². The largest absolute Gasteiger partial charge is 0.491 e. The fourth-order valence-corrected chi connectivity index (χ4v) is 4.75. The normalized spacial score (nSPS) is 11.0. The van der Waals surface area contributed by atoms with Crippen molar-refractivity contribution in [3.05, 3.63) is 108 Å². The molecule has 0 radical (unpaired) electrons. The van der Waals surface area contributed by atoms with E-state index in [2.05, 4.69) is 15.3 Å². The molecule has 5 aromatic rings. The first-order chi connectivity index (χ1) is 22.9. The Balaban J connectivity index is 1.12. The van der Waals surface area contributed by atoms with Crippen molar-refractivity contribution >= 4 is 40.0 Å². The van der Waals surface area contributed by atoms with Crippen LogP contribution in [-0.4, -0.2) is 67.3 Å². The summed E-state index contributed by atoms with van der Waals surface area (Å²) >= 11 is 6.50. The number of carboxylic acid groups (broad SMARTS) is 1. The van der Waals surface area contributed by atoms with Gasteiger partial charge >= 0.3 is 5.97 Å². The van der Waals surface area contributed by atoms with Crippen LogP contribution in [-0.2, 0) is 25.6 Å². The molecule has 0 saturated heterocycles. The zero-order chi connectivity index (χ0) is 32.8. The second-order valence-electron chi connectivity index (χ2n) is 10.2. The lowest BCUT2D eigenvalue weighted by atomic mass is 10.0. The van der Waals surface area contributed by atoms with Crippen molar-refractivity contribution in [1.29, 1.82) is 0 Å². The summed E-state index contributed by atoms with van der Waals surface area (Å²) in [6.45, 7) is 1.95. The maximum absolute atomic E-state index is 13.5. The quantitative estimate of drug-likeness (QED) is 0.0957. The van der Waals surface area contributed by atoms with Gasteiger partial charge in [0.05, 0.1) is 43.6 Å². The van der Waals surface area contributed by atoms with Gasteiger partial charge in [-0.1, -0.05) is 41.9 Å². The van der Waals surface area contributed by atoms with Crippen molar-refractivity contribution in [2.24, 2.45) is 0 Å². The smallest absolute Gasteiger partial charge is 0.329 e. The average Bonchev–Trinajstić information content (AvgIpc) is 3.07. The highest BCUT2D eigenvalue weighted by molar-refractivity contribution is 6.32. The predicted octanol–water partition coefficient (Wildman–Crippen LogP) is 6.93. The number of benzene rings is 4. The van der Waals surface area contributed by atoms with Gasteiger partial charge in [0.15, 0.2) is 0 Å². The molecule has 47 heavy (non-hydrogen) atoms. The molecule has 0 atom stereocenters. The van der Waals surface area contributed by atoms with Crippen molar-refractivity contribution in [2.45, 2.75) is 6.61 Å². The highest BCUT2D eigenvalue weighted by Gasteiger charge is 2.10. The second-order valence-corrected chi connectivity index (χ2v) is 10.6. The molecule has 2 N–H and O–H groups in total. The van der Waals surface area contributed by atoms with Crippen LogP contribution >= 0.6 is 11.6 Å². The Hall–Kier alpha value is -4.81. The maximum Gasteiger partial charge on any atom is 0.329 e. The standard InChI is InChI=1S/C35H33ClFN3O7/c36-31-20-28(7-11-33(31)47-21-24-2-1-3-27(37)18-24)40-35-30-19-26(6-10-32(30)38-23-39-35)25-4-8-29(9-5-25)46-17-16-44-13-12-43-14-15-45-22-34(41)42/h1-11,18-20,23H,12-17,21-22H2,(H,41,42)(H,38,39,40). The summed E-state index contributed by atoms with van der Waals surface area (Å²) in [6.07, 6.45) is 1.51. The van der Waals surface area contributed by atoms with Gasteiger partial charge in [0, 0.05) is 11.1 Å². The Kier molecular flexibility index (Phi) is 12.3. The molecule has 0 unspecified atom stereocenters. The molecule has 1 heterocycles. The van der Waals surface area contributed by atoms with Crippen molar-refractivity contribution in [1.82, 2.24) is 9.97 Å². The van der Waals surface area contributed by atoms with Gasteiger partial charge in [-0.3, -0.25) is 0 Å². The van der Waals surface area contributed by atoms with Gasteiger partial charge in [0.25, 0.3) is 0 Å². The summed E-state index contributed by atoms with van der Waals surface area (Å²) in [4.78, 5) is 19.3. The number of halogens is 2. The fourth-order valence-electron chi connectivity index (χ4n) is 4.52. The molecule has 1 aromatic heterocycles. The molecule has 0 bridgehead atoms. The first-order valence-electron chi connectivity index (χ1n) is 14.8. The Morgan fingerprint density at radius 3 is 2.28 bits per heavy atom. The minimum absolute atomic E-state index is 0.193. The number of aromatic nitrogens is 2. The summed E-state index contributed by atoms with van der Waals surface area (Å²) in [5, 5.41) is 13.1. The number of anilines is 2. The van der Waals surface area contributed by atoms with E-state index in [4.69, 9.17) is 40.4 Å². The van der Waals surface area contributed by atoms with Crippen LogP contribution in [0.25, 0.3) is 22.0 Å². The van der Waals surface area contributed by atoms with Crippen molar-refractivity contribution in [2.75, 3.05) is 51.6 Å². The predicted molar refractivity (Wildman–Crippen MR) is 176 cm³/mol. The van der Waals surface area contributed by atoms with Crippen LogP contribution in [0.5, 0.6) is 11.5 Å². The third-order valence-corrected chi connectivity index (χ3v) is 7.06. The van der Waals surface area contributed by atoms with E-state index in [1.165, 1.54) is 18.5 Å². The van der Waals surface area contributed by atoms with Crippen LogP contribution < -0.4 is 14.8 Å². The van der Waals surface area contributed by atoms with Gasteiger partial charge in [0.2, 0.25) is 0 Å². The Morgan fingerprint density at radius 1 is 0.787 bits per heavy atom. The fraction of sp³-hybridized carbons (Fsp3) is 0.229. The molecule has 10 nitrogen and oxygen atoms in total. The molecule has 5 rings (SSSR count). The third kappa shape index (κ3) is 10.3. The molecule has 0 aliphatic rings. The Morgan fingerprint density at radius 2 is 1.53 bits per heavy atom. The lowest BCUT2D eigenvalue weighted by molar-refractivity contribution is -0.142. The number of hydrogen-bond acceptors (Lipinski definition) is 9. The first-order valence-corrected chi connectivity index (χ1v) is 15.2. The van der Waals surface area contributed by atoms with Gasteiger partial charge in [-0.2, -0.15) is 0 Å². The molecular formula is C35H33ClFN3O7. The van der Waals surface area contributed by atoms with Crippen molar-refractivity contribution < 1.29 is 38.0 Å². The van der Waals surface area contributed by atoms with Crippen LogP contribution in [0.1, 0.15) is 5.56 Å². The van der Waals surface area contributed by atoms with Crippen LogP contribution in [0.15, 0.2) is 91.3 Å². The van der Waals surface area contributed by atoms with E-state index in [1.807, 2.05) is 48.5 Å². The molecule has 4 aromatic carbocycles. The van der Waals surface area contributed by atoms with E-state index >= 15 is 0 Å². The van der Waals surface area contributed by atoms with Gasteiger partial charge in [-0.25, -0.2) is 19.2 Å². The number of carboxylic acids is 1. The number of aliphatic carboxylic acids is 1. The lowest BCUT2D eigenvalue weighted by Crippen LogP contribution is -2.14. The minimum atomic E-state index is -1.01. The molecule has 0 aliphatic carbocycles. The third-order valence-electron chi connectivity index (χ3n) is 6.77. The summed E-state index contributed by atoms with van der Waals surface area (Å²) in [6, 6.07) is 25.3. The van der Waals surface area contributed by atoms with Gasteiger partial charge in [-0.15, -0.1) is 0 Å². The number of hydrogen-bond donors (Lipinski definition) is 2. The zero-order valence-corrected chi connectivity index (χ0v) is 26.1. The highest BCUT2D eigenvalue weighted by Crippen LogP contribution is 2.32. The molecule has 0 spiro atoms. The van der Waals surface area contributed by atoms with E-state index in [9.17, 15) is 9.18 Å². The van der Waals surface area contributed by atoms with Gasteiger partial charge < -0.3 is 34.1 Å². The average molecular weight is 662 g/mol. The molecule has 0 amide bonds. The molecule has 12 heteroatoms. The molecule has 0 fully saturated rings. The Labute approximate surface area is 276 Å². The Bertz CT molecular complexity index is 1770. The van der Waals surface area contributed by atoms with E-state index in [1.54, 1.807) is 24.3 Å². The number of nitrogens with one attached hydrogen (secondary N) is 1. The van der Waals surface area contributed by atoms with E-state index in [0.717, 1.165) is 33.5 Å². The van der Waals surface area contributed by atoms with Crippen LogP contribution in [0, 0.1) is 5.82 Å². The molecule has 244 valence electrons. The topological polar surface area (TPSA) is 121 Å². The van der Waals surface area contributed by atoms with Crippen LogP contribution in [0.2, 0.25) is 5.02 Å². The minimum Gasteiger partial charge on any atom is -0.491 e. The SMILES string of the molecule is O=C(O)COCCOCCOCCOc1ccc(-c2ccc3ncnc(Nc4ccc(OCc5cccc(F)c5)c(Cl)c4)c3c2)cc1. The molecule has 0 aliphatic heterocycles. The zero-order valence-electron chi connectivity index (χ0n) is 25.4. The number of fused-ring (bicyclic) bond motifs is 1. The number of ether oxygens (including phenoxy) is 5. The van der Waals surface area contributed by atoms with Crippen LogP contribution in [0.3, 0.4) is 0 Å².